The van der Waals surface area contributed by atoms with E-state index in [2.05, 4.69) is 59.5 Å². The Kier molecular flexibility index (Phi) is 3.51. The van der Waals surface area contributed by atoms with Gasteiger partial charge in [0, 0.05) is 24.8 Å². The quantitative estimate of drug-likeness (QED) is 0.890. The average molecular weight is 252 g/mol. The molecule has 0 bridgehead atoms. The maximum atomic E-state index is 6.22. The Balaban J connectivity index is 1.90. The summed E-state index contributed by atoms with van der Waals surface area (Å²) in [6.07, 6.45) is 2.16. The van der Waals surface area contributed by atoms with Gasteiger partial charge < -0.3 is 10.6 Å². The summed E-state index contributed by atoms with van der Waals surface area (Å²) in [5.74, 6) is 0. The van der Waals surface area contributed by atoms with Crippen LogP contribution in [0.2, 0.25) is 0 Å². The molecule has 0 aliphatic carbocycles. The lowest BCUT2D eigenvalue weighted by atomic mass is 10.1. The van der Waals surface area contributed by atoms with Crippen LogP contribution >= 0.6 is 0 Å². The number of fused-ring (bicyclic) bond motifs is 1. The number of aryl methyl sites for hydroxylation is 1. The van der Waals surface area contributed by atoms with Gasteiger partial charge >= 0.3 is 0 Å². The van der Waals surface area contributed by atoms with E-state index in [1.54, 1.807) is 0 Å². The Morgan fingerprint density at radius 3 is 2.58 bits per heavy atom. The minimum Gasteiger partial charge on any atom is -0.365 e. The van der Waals surface area contributed by atoms with Crippen molar-refractivity contribution in [2.24, 2.45) is 5.73 Å². The van der Waals surface area contributed by atoms with Crippen molar-refractivity contribution >= 4 is 5.69 Å². The third-order valence-electron chi connectivity index (χ3n) is 3.79. The molecule has 19 heavy (non-hydrogen) atoms. The second-order valence-corrected chi connectivity index (χ2v) is 5.29. The predicted octanol–water partition coefficient (Wildman–Crippen LogP) is 2.97. The Morgan fingerprint density at radius 2 is 1.74 bits per heavy atom. The summed E-state index contributed by atoms with van der Waals surface area (Å²) in [7, 11) is 0. The molecule has 2 aromatic carbocycles. The third kappa shape index (κ3) is 2.79. The van der Waals surface area contributed by atoms with Crippen molar-refractivity contribution < 1.29 is 0 Å². The lowest BCUT2D eigenvalue weighted by molar-refractivity contribution is 0.607. The molecule has 1 heterocycles. The summed E-state index contributed by atoms with van der Waals surface area (Å²) in [5, 5.41) is 0. The van der Waals surface area contributed by atoms with Crippen molar-refractivity contribution in [3.63, 3.8) is 0 Å². The third-order valence-corrected chi connectivity index (χ3v) is 3.79. The SMILES string of the molecule is NC1CCc2ccccc2N(Cc2ccccc2)C1. The maximum Gasteiger partial charge on any atom is 0.0430 e. The van der Waals surface area contributed by atoms with E-state index in [1.807, 2.05) is 0 Å². The highest BCUT2D eigenvalue weighted by molar-refractivity contribution is 5.55. The minimum absolute atomic E-state index is 0.260. The van der Waals surface area contributed by atoms with E-state index < -0.39 is 0 Å². The summed E-state index contributed by atoms with van der Waals surface area (Å²) >= 11 is 0. The average Bonchev–Trinajstić information content (AvgIpc) is 2.60. The lowest BCUT2D eigenvalue weighted by Gasteiger charge is -2.26. The fourth-order valence-corrected chi connectivity index (χ4v) is 2.80. The highest BCUT2D eigenvalue weighted by Crippen LogP contribution is 2.27. The molecule has 1 aliphatic rings. The van der Waals surface area contributed by atoms with Gasteiger partial charge in [-0.05, 0) is 30.0 Å². The van der Waals surface area contributed by atoms with Crippen molar-refractivity contribution in [1.82, 2.24) is 0 Å². The number of rotatable bonds is 2. The number of para-hydroxylation sites is 1. The van der Waals surface area contributed by atoms with Gasteiger partial charge in [0.2, 0.25) is 0 Å². The molecule has 0 saturated carbocycles. The van der Waals surface area contributed by atoms with Crippen LogP contribution in [-0.4, -0.2) is 12.6 Å². The topological polar surface area (TPSA) is 29.3 Å². The Morgan fingerprint density at radius 1 is 1.00 bits per heavy atom. The fourth-order valence-electron chi connectivity index (χ4n) is 2.80. The number of hydrogen-bond acceptors (Lipinski definition) is 2. The number of hydrogen-bond donors (Lipinski definition) is 1. The molecule has 2 aromatic rings. The van der Waals surface area contributed by atoms with E-state index in [0.717, 1.165) is 25.9 Å². The molecule has 1 aliphatic heterocycles. The van der Waals surface area contributed by atoms with Gasteiger partial charge in [-0.15, -0.1) is 0 Å². The molecule has 3 rings (SSSR count). The molecule has 0 fully saturated rings. The Labute approximate surface area is 114 Å². The number of nitrogens with two attached hydrogens (primary N) is 1. The van der Waals surface area contributed by atoms with E-state index in [-0.39, 0.29) is 6.04 Å². The summed E-state index contributed by atoms with van der Waals surface area (Å²) in [6, 6.07) is 19.6. The lowest BCUT2D eigenvalue weighted by Crippen LogP contribution is -2.36. The zero-order chi connectivity index (χ0) is 13.1. The number of benzene rings is 2. The second kappa shape index (κ2) is 5.45. The van der Waals surface area contributed by atoms with Crippen LogP contribution in [0, 0.1) is 0 Å². The van der Waals surface area contributed by atoms with Crippen LogP contribution in [0.5, 0.6) is 0 Å². The highest BCUT2D eigenvalue weighted by atomic mass is 15.1. The standard InChI is InChI=1S/C17H20N2/c18-16-11-10-15-8-4-5-9-17(15)19(13-16)12-14-6-2-1-3-7-14/h1-9,16H,10-13,18H2. The fraction of sp³-hybridized carbons (Fsp3) is 0.294. The summed E-state index contributed by atoms with van der Waals surface area (Å²) in [6.45, 7) is 1.87. The molecule has 2 N–H and O–H groups in total. The molecule has 0 amide bonds. The van der Waals surface area contributed by atoms with E-state index in [9.17, 15) is 0 Å². The zero-order valence-corrected chi connectivity index (χ0v) is 11.1. The maximum absolute atomic E-state index is 6.22. The normalized spacial score (nSPS) is 18.8. The van der Waals surface area contributed by atoms with Crippen LogP contribution in [0.3, 0.4) is 0 Å². The van der Waals surface area contributed by atoms with Gasteiger partial charge in [-0.25, -0.2) is 0 Å². The minimum atomic E-state index is 0.260. The molecular weight excluding hydrogens is 232 g/mol. The molecule has 98 valence electrons. The van der Waals surface area contributed by atoms with Gasteiger partial charge in [0.25, 0.3) is 0 Å². The summed E-state index contributed by atoms with van der Waals surface area (Å²) in [4.78, 5) is 2.42. The number of nitrogens with zero attached hydrogens (tertiary/aromatic N) is 1. The molecular formula is C17H20N2. The van der Waals surface area contributed by atoms with E-state index >= 15 is 0 Å². The first-order valence-corrected chi connectivity index (χ1v) is 6.95. The van der Waals surface area contributed by atoms with Gasteiger partial charge in [0.15, 0.2) is 0 Å². The molecule has 1 atom stereocenters. The van der Waals surface area contributed by atoms with Crippen molar-refractivity contribution in [2.75, 3.05) is 11.4 Å². The van der Waals surface area contributed by atoms with E-state index in [1.165, 1.54) is 16.8 Å². The summed E-state index contributed by atoms with van der Waals surface area (Å²) < 4.78 is 0. The van der Waals surface area contributed by atoms with E-state index in [4.69, 9.17) is 5.73 Å². The van der Waals surface area contributed by atoms with Gasteiger partial charge in [0.05, 0.1) is 0 Å². The zero-order valence-electron chi connectivity index (χ0n) is 11.1. The molecule has 0 saturated heterocycles. The second-order valence-electron chi connectivity index (χ2n) is 5.29. The largest absolute Gasteiger partial charge is 0.365 e. The first-order valence-electron chi connectivity index (χ1n) is 6.95. The molecule has 1 unspecified atom stereocenters. The molecule has 0 radical (unpaired) electrons. The molecule has 0 spiro atoms. The van der Waals surface area contributed by atoms with Crippen LogP contribution in [0.1, 0.15) is 17.5 Å². The molecule has 0 aromatic heterocycles. The first kappa shape index (κ1) is 12.2. The Bertz CT molecular complexity index is 536. The van der Waals surface area contributed by atoms with Gasteiger partial charge in [-0.1, -0.05) is 48.5 Å². The van der Waals surface area contributed by atoms with E-state index in [0.29, 0.717) is 0 Å². The number of anilines is 1. The van der Waals surface area contributed by atoms with Crippen molar-refractivity contribution in [3.8, 4) is 0 Å². The van der Waals surface area contributed by atoms with Crippen LogP contribution in [0.15, 0.2) is 54.6 Å². The van der Waals surface area contributed by atoms with Crippen LogP contribution in [0.25, 0.3) is 0 Å². The summed E-state index contributed by atoms with van der Waals surface area (Å²) in [5.41, 5.74) is 10.3. The van der Waals surface area contributed by atoms with Gasteiger partial charge in [-0.2, -0.15) is 0 Å². The van der Waals surface area contributed by atoms with Crippen LogP contribution in [0.4, 0.5) is 5.69 Å². The van der Waals surface area contributed by atoms with Crippen molar-refractivity contribution in [3.05, 3.63) is 65.7 Å². The van der Waals surface area contributed by atoms with Crippen molar-refractivity contribution in [1.29, 1.82) is 0 Å². The van der Waals surface area contributed by atoms with Crippen LogP contribution in [-0.2, 0) is 13.0 Å². The van der Waals surface area contributed by atoms with Gasteiger partial charge in [0.1, 0.15) is 0 Å². The highest BCUT2D eigenvalue weighted by Gasteiger charge is 2.19. The molecule has 2 nitrogen and oxygen atoms in total. The monoisotopic (exact) mass is 252 g/mol. The van der Waals surface area contributed by atoms with Crippen molar-refractivity contribution in [2.45, 2.75) is 25.4 Å². The smallest absolute Gasteiger partial charge is 0.0430 e. The molecule has 2 heteroatoms. The van der Waals surface area contributed by atoms with Gasteiger partial charge in [-0.3, -0.25) is 0 Å². The Hall–Kier alpha value is -1.80. The predicted molar refractivity (Wildman–Crippen MR) is 80.2 cm³/mol. The van der Waals surface area contributed by atoms with Crippen LogP contribution < -0.4 is 10.6 Å². The first-order chi connectivity index (χ1) is 9.33.